The maximum atomic E-state index is 13.9. The van der Waals surface area contributed by atoms with E-state index in [1.54, 1.807) is 0 Å². The quantitative estimate of drug-likeness (QED) is 0.867. The van der Waals surface area contributed by atoms with Gasteiger partial charge in [-0.05, 0) is 20.8 Å². The van der Waals surface area contributed by atoms with Crippen molar-refractivity contribution in [2.75, 3.05) is 0 Å². The van der Waals surface area contributed by atoms with Gasteiger partial charge in [0.2, 0.25) is 5.95 Å². The van der Waals surface area contributed by atoms with Gasteiger partial charge in [0.15, 0.2) is 0 Å². The lowest BCUT2D eigenvalue weighted by Gasteiger charge is -2.02. The highest BCUT2D eigenvalue weighted by Gasteiger charge is 2.13. The van der Waals surface area contributed by atoms with Gasteiger partial charge in [0.25, 0.3) is 0 Å². The van der Waals surface area contributed by atoms with Gasteiger partial charge in [-0.25, -0.2) is 4.68 Å². The summed E-state index contributed by atoms with van der Waals surface area (Å²) in [6.45, 7) is 8.33. The molecule has 0 fully saturated rings. The molecule has 6 heteroatoms. The molecule has 0 aliphatic rings. The third kappa shape index (κ3) is 3.01. The summed E-state index contributed by atoms with van der Waals surface area (Å²) >= 11 is 0. The van der Waals surface area contributed by atoms with E-state index in [-0.39, 0.29) is 5.95 Å². The van der Waals surface area contributed by atoms with Crippen LogP contribution in [0.2, 0.25) is 0 Å². The van der Waals surface area contributed by atoms with Crippen LogP contribution in [0.5, 0.6) is 0 Å². The summed E-state index contributed by atoms with van der Waals surface area (Å²) < 4.78 is 17.2. The van der Waals surface area contributed by atoms with Crippen molar-refractivity contribution >= 4 is 0 Å². The second-order valence-electron chi connectivity index (χ2n) is 4.48. The molecule has 2 rings (SSSR count). The normalized spacial score (nSPS) is 11.2. The summed E-state index contributed by atoms with van der Waals surface area (Å²) in [5, 5.41) is 11.6. The first-order chi connectivity index (χ1) is 9.15. The van der Waals surface area contributed by atoms with Crippen LogP contribution in [0.25, 0.3) is 0 Å². The number of aromatic nitrogens is 4. The molecule has 0 unspecified atom stereocenters. The van der Waals surface area contributed by atoms with E-state index in [9.17, 15) is 4.39 Å². The van der Waals surface area contributed by atoms with E-state index in [0.717, 1.165) is 17.8 Å². The van der Waals surface area contributed by atoms with Crippen LogP contribution >= 0.6 is 0 Å². The standard InChI is InChI=1S/C13H20FN5/c1-4-18-9-11(7-16-18)6-15-8-12-10(3)17-19(5-2)13(12)14/h7,9,15H,4-6,8H2,1-3H3. The molecule has 1 N–H and O–H groups in total. The molecular formula is C13H20FN5. The zero-order valence-corrected chi connectivity index (χ0v) is 11.6. The Morgan fingerprint density at radius 2 is 2.05 bits per heavy atom. The lowest BCUT2D eigenvalue weighted by Crippen LogP contribution is -2.14. The largest absolute Gasteiger partial charge is 0.308 e. The molecule has 2 heterocycles. The van der Waals surface area contributed by atoms with E-state index in [2.05, 4.69) is 15.5 Å². The van der Waals surface area contributed by atoms with Crippen LogP contribution in [0.15, 0.2) is 12.4 Å². The summed E-state index contributed by atoms with van der Waals surface area (Å²) in [5.41, 5.74) is 2.49. The highest BCUT2D eigenvalue weighted by molar-refractivity contribution is 5.17. The average molecular weight is 265 g/mol. The van der Waals surface area contributed by atoms with Crippen LogP contribution in [0.4, 0.5) is 4.39 Å². The van der Waals surface area contributed by atoms with Crippen molar-refractivity contribution in [1.29, 1.82) is 0 Å². The number of hydrogen-bond donors (Lipinski definition) is 1. The Morgan fingerprint density at radius 1 is 1.26 bits per heavy atom. The van der Waals surface area contributed by atoms with Gasteiger partial charge in [-0.1, -0.05) is 0 Å². The van der Waals surface area contributed by atoms with E-state index >= 15 is 0 Å². The summed E-state index contributed by atoms with van der Waals surface area (Å²) in [6, 6.07) is 0. The number of halogens is 1. The van der Waals surface area contributed by atoms with E-state index in [1.807, 2.05) is 37.8 Å². The summed E-state index contributed by atoms with van der Waals surface area (Å²) in [7, 11) is 0. The monoisotopic (exact) mass is 265 g/mol. The molecule has 0 aliphatic carbocycles. The van der Waals surface area contributed by atoms with E-state index in [4.69, 9.17) is 0 Å². The Labute approximate surface area is 112 Å². The predicted octanol–water partition coefficient (Wildman–Crippen LogP) is 1.86. The molecule has 0 amide bonds. The smallest absolute Gasteiger partial charge is 0.216 e. The minimum atomic E-state index is -0.239. The third-order valence-electron chi connectivity index (χ3n) is 3.12. The minimum absolute atomic E-state index is 0.239. The van der Waals surface area contributed by atoms with Crippen molar-refractivity contribution in [1.82, 2.24) is 24.9 Å². The molecule has 2 aromatic rings. The molecule has 0 aromatic carbocycles. The van der Waals surface area contributed by atoms with Crippen molar-refractivity contribution in [3.63, 3.8) is 0 Å². The SMILES string of the molecule is CCn1cc(CNCc2c(C)nn(CC)c2F)cn1. The minimum Gasteiger partial charge on any atom is -0.308 e. The summed E-state index contributed by atoms with van der Waals surface area (Å²) in [5.74, 6) is -0.239. The number of rotatable bonds is 6. The Kier molecular flexibility index (Phi) is 4.31. The number of aryl methyl sites for hydroxylation is 3. The Morgan fingerprint density at radius 3 is 2.63 bits per heavy atom. The molecule has 19 heavy (non-hydrogen) atoms. The maximum Gasteiger partial charge on any atom is 0.216 e. The van der Waals surface area contributed by atoms with E-state index < -0.39 is 0 Å². The van der Waals surface area contributed by atoms with Crippen LogP contribution in [0, 0.1) is 12.9 Å². The van der Waals surface area contributed by atoms with E-state index in [1.165, 1.54) is 4.68 Å². The molecule has 0 saturated carbocycles. The molecule has 0 atom stereocenters. The highest BCUT2D eigenvalue weighted by Crippen LogP contribution is 2.12. The first-order valence-electron chi connectivity index (χ1n) is 6.59. The Hall–Kier alpha value is -1.69. The number of hydrogen-bond acceptors (Lipinski definition) is 3. The molecular weight excluding hydrogens is 245 g/mol. The first kappa shape index (κ1) is 13.7. The lowest BCUT2D eigenvalue weighted by atomic mass is 10.2. The Bertz CT molecular complexity index is 543. The number of nitrogens with zero attached hydrogens (tertiary/aromatic N) is 4. The molecule has 0 bridgehead atoms. The fraction of sp³-hybridized carbons (Fsp3) is 0.538. The fourth-order valence-electron chi connectivity index (χ4n) is 2.00. The molecule has 104 valence electrons. The van der Waals surface area contributed by atoms with Gasteiger partial charge >= 0.3 is 0 Å². The molecule has 0 aliphatic heterocycles. The van der Waals surface area contributed by atoms with Crippen molar-refractivity contribution in [3.8, 4) is 0 Å². The number of nitrogens with one attached hydrogen (secondary N) is 1. The topological polar surface area (TPSA) is 47.7 Å². The van der Waals surface area contributed by atoms with Crippen molar-refractivity contribution in [2.45, 2.75) is 47.0 Å². The van der Waals surface area contributed by atoms with Crippen molar-refractivity contribution < 1.29 is 4.39 Å². The third-order valence-corrected chi connectivity index (χ3v) is 3.12. The van der Waals surface area contributed by atoms with E-state index in [0.29, 0.717) is 25.2 Å². The lowest BCUT2D eigenvalue weighted by molar-refractivity contribution is 0.460. The molecule has 0 saturated heterocycles. The second-order valence-corrected chi connectivity index (χ2v) is 4.48. The molecule has 5 nitrogen and oxygen atoms in total. The maximum absolute atomic E-state index is 13.9. The van der Waals surface area contributed by atoms with Gasteiger partial charge in [-0.3, -0.25) is 4.68 Å². The van der Waals surface area contributed by atoms with Gasteiger partial charge in [-0.15, -0.1) is 0 Å². The van der Waals surface area contributed by atoms with Crippen molar-refractivity contribution in [3.05, 3.63) is 35.2 Å². The first-order valence-corrected chi connectivity index (χ1v) is 6.59. The summed E-state index contributed by atoms with van der Waals surface area (Å²) in [4.78, 5) is 0. The van der Waals surface area contributed by atoms with Crippen LogP contribution in [0.1, 0.15) is 30.7 Å². The zero-order valence-electron chi connectivity index (χ0n) is 11.6. The molecule has 0 spiro atoms. The Balaban J connectivity index is 1.94. The average Bonchev–Trinajstić information content (AvgIpc) is 2.97. The molecule has 2 aromatic heterocycles. The van der Waals surface area contributed by atoms with Gasteiger partial charge in [0.1, 0.15) is 0 Å². The fourth-order valence-corrected chi connectivity index (χ4v) is 2.00. The van der Waals surface area contributed by atoms with Crippen LogP contribution in [-0.2, 0) is 26.2 Å². The van der Waals surface area contributed by atoms with Crippen molar-refractivity contribution in [2.24, 2.45) is 0 Å². The van der Waals surface area contributed by atoms with Gasteiger partial charge in [-0.2, -0.15) is 14.6 Å². The van der Waals surface area contributed by atoms with Crippen LogP contribution < -0.4 is 5.32 Å². The summed E-state index contributed by atoms with van der Waals surface area (Å²) in [6.07, 6.45) is 3.82. The highest BCUT2D eigenvalue weighted by atomic mass is 19.1. The molecule has 0 radical (unpaired) electrons. The van der Waals surface area contributed by atoms with Crippen LogP contribution in [-0.4, -0.2) is 19.6 Å². The zero-order chi connectivity index (χ0) is 13.8. The predicted molar refractivity (Wildman–Crippen MR) is 71.0 cm³/mol. The van der Waals surface area contributed by atoms with Crippen LogP contribution in [0.3, 0.4) is 0 Å². The van der Waals surface area contributed by atoms with Gasteiger partial charge in [0, 0.05) is 43.5 Å². The second kappa shape index (κ2) is 5.97. The van der Waals surface area contributed by atoms with Gasteiger partial charge in [0.05, 0.1) is 11.9 Å². The van der Waals surface area contributed by atoms with Gasteiger partial charge < -0.3 is 5.32 Å².